The van der Waals surface area contributed by atoms with Gasteiger partial charge >= 0.3 is 12.1 Å². The number of carbonyl (C=O) groups is 2. The number of nitrogens with zero attached hydrogens (tertiary/aromatic N) is 1. The number of amides is 1. The van der Waals surface area contributed by atoms with Crippen molar-refractivity contribution in [3.63, 3.8) is 0 Å². The predicted octanol–water partition coefficient (Wildman–Crippen LogP) is 4.66. The van der Waals surface area contributed by atoms with Crippen LogP contribution >= 0.6 is 0 Å². The van der Waals surface area contributed by atoms with E-state index in [0.717, 1.165) is 5.56 Å². The van der Waals surface area contributed by atoms with Gasteiger partial charge in [0.15, 0.2) is 5.76 Å². The summed E-state index contributed by atoms with van der Waals surface area (Å²) in [5, 5.41) is 15.8. The number of anilines is 1. The predicted molar refractivity (Wildman–Crippen MR) is 98.6 cm³/mol. The highest BCUT2D eigenvalue weighted by atomic mass is 16.6. The van der Waals surface area contributed by atoms with Crippen LogP contribution in [0.4, 0.5) is 10.5 Å². The van der Waals surface area contributed by atoms with Gasteiger partial charge in [-0.1, -0.05) is 53.7 Å². The standard InChI is InChI=1S/C20H18N2O5/c1-12-17(21-20(25)26-13(2)14-8-4-3-5-9-14)18(27-22-12)15-10-6-7-11-16(15)19(23)24/h3-11,13H,1-2H3,(H,21,25)(H,23,24)/t13-/m1/s1. The summed E-state index contributed by atoms with van der Waals surface area (Å²) < 4.78 is 10.7. The Morgan fingerprint density at radius 2 is 1.78 bits per heavy atom. The minimum atomic E-state index is -1.11. The topological polar surface area (TPSA) is 102 Å². The van der Waals surface area contributed by atoms with Crippen molar-refractivity contribution in [2.24, 2.45) is 0 Å². The Morgan fingerprint density at radius 3 is 2.48 bits per heavy atom. The molecule has 2 N–H and O–H groups in total. The van der Waals surface area contributed by atoms with Gasteiger partial charge in [-0.15, -0.1) is 0 Å². The van der Waals surface area contributed by atoms with Crippen LogP contribution in [0.5, 0.6) is 0 Å². The van der Waals surface area contributed by atoms with Gasteiger partial charge in [-0.2, -0.15) is 0 Å². The van der Waals surface area contributed by atoms with Gasteiger partial charge in [-0.25, -0.2) is 9.59 Å². The molecule has 3 rings (SSSR count). The van der Waals surface area contributed by atoms with Gasteiger partial charge in [0.25, 0.3) is 0 Å². The van der Waals surface area contributed by atoms with Gasteiger partial charge in [-0.05, 0) is 25.5 Å². The summed E-state index contributed by atoms with van der Waals surface area (Å²) >= 11 is 0. The van der Waals surface area contributed by atoms with Crippen LogP contribution in [0.2, 0.25) is 0 Å². The minimum Gasteiger partial charge on any atom is -0.478 e. The zero-order valence-electron chi connectivity index (χ0n) is 14.8. The first-order valence-corrected chi connectivity index (χ1v) is 8.29. The lowest BCUT2D eigenvalue weighted by Crippen LogP contribution is -2.16. The average molecular weight is 366 g/mol. The molecule has 27 heavy (non-hydrogen) atoms. The zero-order valence-corrected chi connectivity index (χ0v) is 14.8. The number of carboxylic acid groups (broad SMARTS) is 1. The fraction of sp³-hybridized carbons (Fsp3) is 0.150. The lowest BCUT2D eigenvalue weighted by atomic mass is 10.0. The zero-order chi connectivity index (χ0) is 19.4. The molecule has 0 radical (unpaired) electrons. The van der Waals surface area contributed by atoms with Gasteiger partial charge in [0.05, 0.1) is 5.56 Å². The highest BCUT2D eigenvalue weighted by Gasteiger charge is 2.23. The highest BCUT2D eigenvalue weighted by molar-refractivity contribution is 5.99. The maximum Gasteiger partial charge on any atom is 0.412 e. The van der Waals surface area contributed by atoms with Crippen molar-refractivity contribution >= 4 is 17.7 Å². The first kappa shape index (κ1) is 18.2. The summed E-state index contributed by atoms with van der Waals surface area (Å²) in [4.78, 5) is 23.8. The van der Waals surface area contributed by atoms with E-state index in [2.05, 4.69) is 10.5 Å². The van der Waals surface area contributed by atoms with Crippen LogP contribution in [0.3, 0.4) is 0 Å². The molecule has 0 saturated carbocycles. The molecule has 0 bridgehead atoms. The van der Waals surface area contributed by atoms with Crippen LogP contribution in [-0.2, 0) is 4.74 Å². The van der Waals surface area contributed by atoms with E-state index < -0.39 is 18.2 Å². The Morgan fingerprint density at radius 1 is 1.11 bits per heavy atom. The van der Waals surface area contributed by atoms with E-state index in [1.807, 2.05) is 30.3 Å². The molecule has 0 fully saturated rings. The number of aromatic nitrogens is 1. The normalized spacial score (nSPS) is 11.6. The van der Waals surface area contributed by atoms with Crippen LogP contribution in [0.1, 0.15) is 34.6 Å². The average Bonchev–Trinajstić information content (AvgIpc) is 3.02. The first-order valence-electron chi connectivity index (χ1n) is 8.29. The number of aryl methyl sites for hydroxylation is 1. The second-order valence-electron chi connectivity index (χ2n) is 5.91. The fourth-order valence-corrected chi connectivity index (χ4v) is 2.65. The van der Waals surface area contributed by atoms with Crippen molar-refractivity contribution in [2.75, 3.05) is 5.32 Å². The van der Waals surface area contributed by atoms with Crippen LogP contribution in [0, 0.1) is 6.92 Å². The fourth-order valence-electron chi connectivity index (χ4n) is 2.65. The Hall–Kier alpha value is -3.61. The molecule has 7 heteroatoms. The second kappa shape index (κ2) is 7.74. The smallest absolute Gasteiger partial charge is 0.412 e. The molecule has 0 saturated heterocycles. The second-order valence-corrected chi connectivity index (χ2v) is 5.91. The number of carbonyl (C=O) groups excluding carboxylic acids is 1. The lowest BCUT2D eigenvalue weighted by molar-refractivity contribution is 0.0697. The Labute approximate surface area is 155 Å². The summed E-state index contributed by atoms with van der Waals surface area (Å²) in [5.41, 5.74) is 1.90. The summed E-state index contributed by atoms with van der Waals surface area (Å²) in [7, 11) is 0. The van der Waals surface area contributed by atoms with Crippen LogP contribution in [-0.4, -0.2) is 22.3 Å². The monoisotopic (exact) mass is 366 g/mol. The van der Waals surface area contributed by atoms with Gasteiger partial charge in [0, 0.05) is 5.56 Å². The Bertz CT molecular complexity index is 966. The SMILES string of the molecule is Cc1noc(-c2ccccc2C(=O)O)c1NC(=O)O[C@H](C)c1ccccc1. The van der Waals surface area contributed by atoms with Crippen LogP contribution in [0.25, 0.3) is 11.3 Å². The van der Waals surface area contributed by atoms with Crippen molar-refractivity contribution in [3.8, 4) is 11.3 Å². The summed E-state index contributed by atoms with van der Waals surface area (Å²) in [6.07, 6.45) is -1.15. The molecular formula is C20H18N2O5. The highest BCUT2D eigenvalue weighted by Crippen LogP contribution is 2.33. The first-order chi connectivity index (χ1) is 13.0. The van der Waals surface area contributed by atoms with Crippen molar-refractivity contribution in [1.82, 2.24) is 5.16 Å². The lowest BCUT2D eigenvalue weighted by Gasteiger charge is -2.14. The molecule has 1 heterocycles. The third-order valence-corrected chi connectivity index (χ3v) is 4.04. The maximum atomic E-state index is 12.3. The van der Waals surface area contributed by atoms with E-state index in [4.69, 9.17) is 9.26 Å². The maximum absolute atomic E-state index is 12.3. The molecule has 7 nitrogen and oxygen atoms in total. The van der Waals surface area contributed by atoms with E-state index >= 15 is 0 Å². The number of hydrogen-bond acceptors (Lipinski definition) is 5. The van der Waals surface area contributed by atoms with E-state index in [-0.39, 0.29) is 17.0 Å². The van der Waals surface area contributed by atoms with E-state index in [0.29, 0.717) is 11.3 Å². The molecule has 138 valence electrons. The molecule has 1 atom stereocenters. The van der Waals surface area contributed by atoms with Crippen molar-refractivity contribution in [3.05, 3.63) is 71.4 Å². The Balaban J connectivity index is 1.84. The van der Waals surface area contributed by atoms with Gasteiger partial charge in [0.2, 0.25) is 0 Å². The van der Waals surface area contributed by atoms with Crippen LogP contribution < -0.4 is 5.32 Å². The van der Waals surface area contributed by atoms with E-state index in [1.165, 1.54) is 6.07 Å². The third-order valence-electron chi connectivity index (χ3n) is 4.04. The van der Waals surface area contributed by atoms with E-state index in [9.17, 15) is 14.7 Å². The molecule has 0 unspecified atom stereocenters. The minimum absolute atomic E-state index is 0.0442. The molecule has 0 aliphatic rings. The summed E-state index contributed by atoms with van der Waals surface area (Å²) in [5.74, 6) is -0.944. The summed E-state index contributed by atoms with van der Waals surface area (Å²) in [6.45, 7) is 3.41. The van der Waals surface area contributed by atoms with Crippen molar-refractivity contribution in [2.45, 2.75) is 20.0 Å². The number of ether oxygens (including phenoxy) is 1. The Kier molecular flexibility index (Phi) is 5.21. The molecule has 2 aromatic carbocycles. The van der Waals surface area contributed by atoms with Gasteiger partial charge in [-0.3, -0.25) is 5.32 Å². The van der Waals surface area contributed by atoms with Gasteiger partial charge < -0.3 is 14.4 Å². The molecule has 1 aromatic heterocycles. The molecule has 0 spiro atoms. The summed E-state index contributed by atoms with van der Waals surface area (Å²) in [6, 6.07) is 15.6. The van der Waals surface area contributed by atoms with Crippen molar-refractivity contribution in [1.29, 1.82) is 0 Å². The van der Waals surface area contributed by atoms with Crippen molar-refractivity contribution < 1.29 is 24.0 Å². The number of aromatic carboxylic acids is 1. The molecule has 3 aromatic rings. The number of hydrogen-bond donors (Lipinski definition) is 2. The number of benzene rings is 2. The molecule has 1 amide bonds. The molecular weight excluding hydrogens is 348 g/mol. The van der Waals surface area contributed by atoms with Crippen LogP contribution in [0.15, 0.2) is 59.1 Å². The third kappa shape index (κ3) is 3.98. The van der Waals surface area contributed by atoms with E-state index in [1.54, 1.807) is 32.0 Å². The quantitative estimate of drug-likeness (QED) is 0.681. The largest absolute Gasteiger partial charge is 0.478 e. The van der Waals surface area contributed by atoms with Gasteiger partial charge in [0.1, 0.15) is 17.5 Å². The molecule has 0 aliphatic carbocycles. The number of rotatable bonds is 5. The molecule has 0 aliphatic heterocycles. The number of nitrogens with one attached hydrogen (secondary N) is 1. The number of carboxylic acids is 1.